The van der Waals surface area contributed by atoms with Gasteiger partial charge in [-0.05, 0) is 32.1 Å². The Morgan fingerprint density at radius 1 is 1.18 bits per heavy atom. The Labute approximate surface area is 164 Å². The molecule has 0 atom stereocenters. The van der Waals surface area contributed by atoms with E-state index in [1.807, 2.05) is 38.1 Å². The molecular formula is C21H24N4O3. The molecule has 1 N–H and O–H groups in total. The van der Waals surface area contributed by atoms with Crippen molar-refractivity contribution >= 4 is 17.9 Å². The minimum absolute atomic E-state index is 0.0263. The van der Waals surface area contributed by atoms with Crippen LogP contribution in [0.4, 0.5) is 10.6 Å². The van der Waals surface area contributed by atoms with Gasteiger partial charge in [0.1, 0.15) is 11.4 Å². The Balaban J connectivity index is 1.33. The molecule has 2 aliphatic heterocycles. The monoisotopic (exact) mass is 380 g/mol. The van der Waals surface area contributed by atoms with Gasteiger partial charge >= 0.3 is 6.03 Å². The maximum Gasteiger partial charge on any atom is 0.323 e. The predicted molar refractivity (Wildman–Crippen MR) is 106 cm³/mol. The van der Waals surface area contributed by atoms with Gasteiger partial charge in [0, 0.05) is 37.6 Å². The summed E-state index contributed by atoms with van der Waals surface area (Å²) in [4.78, 5) is 14.3. The highest BCUT2D eigenvalue weighted by molar-refractivity contribution is 5.88. The molecule has 1 fully saturated rings. The summed E-state index contributed by atoms with van der Waals surface area (Å²) in [7, 11) is 0. The molecule has 7 heteroatoms. The number of anilines is 1. The van der Waals surface area contributed by atoms with E-state index in [9.17, 15) is 4.79 Å². The summed E-state index contributed by atoms with van der Waals surface area (Å²) >= 11 is 0. The van der Waals surface area contributed by atoms with Crippen LogP contribution >= 0.6 is 0 Å². The highest BCUT2D eigenvalue weighted by atomic mass is 16.5. The van der Waals surface area contributed by atoms with E-state index in [4.69, 9.17) is 9.47 Å². The zero-order valence-corrected chi connectivity index (χ0v) is 16.1. The number of carbonyl (C=O) groups excluding carboxylic acids is 1. The smallest absolute Gasteiger partial charge is 0.323 e. The number of hydrogen-bond donors (Lipinski definition) is 1. The van der Waals surface area contributed by atoms with Gasteiger partial charge in [-0.25, -0.2) is 4.79 Å². The van der Waals surface area contributed by atoms with Crippen molar-refractivity contribution in [2.45, 2.75) is 38.4 Å². The van der Waals surface area contributed by atoms with E-state index in [-0.39, 0.29) is 17.7 Å². The molecule has 3 heterocycles. The van der Waals surface area contributed by atoms with Crippen molar-refractivity contribution in [2.75, 3.05) is 18.4 Å². The number of benzene rings is 1. The summed E-state index contributed by atoms with van der Waals surface area (Å²) in [6.45, 7) is 5.06. The molecule has 0 bridgehead atoms. The van der Waals surface area contributed by atoms with Crippen LogP contribution in [0.15, 0.2) is 42.5 Å². The van der Waals surface area contributed by atoms with Crippen molar-refractivity contribution in [3.8, 4) is 11.6 Å². The minimum atomic E-state index is -0.333. The molecular weight excluding hydrogens is 356 g/mol. The number of nitrogens with zero attached hydrogens (tertiary/aromatic N) is 3. The molecule has 4 rings (SSSR count). The summed E-state index contributed by atoms with van der Waals surface area (Å²) < 4.78 is 11.7. The number of hydrogen-bond acceptors (Lipinski definition) is 5. The second kappa shape index (κ2) is 7.50. The van der Waals surface area contributed by atoms with Crippen molar-refractivity contribution in [1.82, 2.24) is 15.1 Å². The summed E-state index contributed by atoms with van der Waals surface area (Å²) in [5, 5.41) is 10.8. The third-order valence-electron chi connectivity index (χ3n) is 4.93. The first-order valence-electron chi connectivity index (χ1n) is 9.57. The topological polar surface area (TPSA) is 76.6 Å². The van der Waals surface area contributed by atoms with Crippen molar-refractivity contribution in [3.05, 3.63) is 48.0 Å². The van der Waals surface area contributed by atoms with Gasteiger partial charge in [-0.15, -0.1) is 10.2 Å². The van der Waals surface area contributed by atoms with Crippen molar-refractivity contribution in [3.63, 3.8) is 0 Å². The van der Waals surface area contributed by atoms with Gasteiger partial charge in [0.05, 0.1) is 6.10 Å². The number of carbonyl (C=O) groups is 1. The number of ether oxygens (including phenoxy) is 2. The molecule has 0 unspecified atom stereocenters. The molecule has 28 heavy (non-hydrogen) atoms. The van der Waals surface area contributed by atoms with Gasteiger partial charge in [-0.2, -0.15) is 0 Å². The maximum atomic E-state index is 12.6. The first kappa shape index (κ1) is 18.3. The molecule has 7 nitrogen and oxygen atoms in total. The van der Waals surface area contributed by atoms with Crippen LogP contribution in [0.2, 0.25) is 0 Å². The Hall–Kier alpha value is -3.09. The molecule has 1 aromatic carbocycles. The van der Waals surface area contributed by atoms with Crippen molar-refractivity contribution in [1.29, 1.82) is 0 Å². The second-order valence-electron chi connectivity index (χ2n) is 7.38. The lowest BCUT2D eigenvalue weighted by molar-refractivity contribution is 0.0518. The van der Waals surface area contributed by atoms with Crippen LogP contribution < -0.4 is 14.8 Å². The Morgan fingerprint density at radius 3 is 2.68 bits per heavy atom. The van der Waals surface area contributed by atoms with E-state index in [2.05, 4.69) is 27.7 Å². The zero-order valence-electron chi connectivity index (χ0n) is 16.1. The van der Waals surface area contributed by atoms with Crippen LogP contribution in [0, 0.1) is 0 Å². The molecule has 0 saturated carbocycles. The number of urea groups is 1. The number of rotatable bonds is 3. The normalized spacial score (nSPS) is 17.2. The molecule has 0 radical (unpaired) electrons. The first-order valence-corrected chi connectivity index (χ1v) is 9.57. The fourth-order valence-electron chi connectivity index (χ4n) is 3.44. The molecule has 2 amide bonds. The fourth-order valence-corrected chi connectivity index (χ4v) is 3.44. The van der Waals surface area contributed by atoms with Crippen molar-refractivity contribution < 1.29 is 14.3 Å². The van der Waals surface area contributed by atoms with Crippen LogP contribution in [0.25, 0.3) is 6.08 Å². The third kappa shape index (κ3) is 3.93. The summed E-state index contributed by atoms with van der Waals surface area (Å²) in [5.41, 5.74) is 0.762. The number of piperidine rings is 1. The lowest BCUT2D eigenvalue weighted by atomic mass is 9.88. The lowest BCUT2D eigenvalue weighted by Gasteiger charge is -2.41. The van der Waals surface area contributed by atoms with Crippen LogP contribution in [0.3, 0.4) is 0 Å². The largest absolute Gasteiger partial charge is 0.482 e. The first-order chi connectivity index (χ1) is 13.5. The minimum Gasteiger partial charge on any atom is -0.482 e. The average Bonchev–Trinajstić information content (AvgIpc) is 2.69. The van der Waals surface area contributed by atoms with Crippen LogP contribution in [-0.2, 0) is 0 Å². The summed E-state index contributed by atoms with van der Waals surface area (Å²) in [6, 6.07) is 11.2. The van der Waals surface area contributed by atoms with Crippen LogP contribution in [0.5, 0.6) is 11.6 Å². The van der Waals surface area contributed by atoms with Gasteiger partial charge < -0.3 is 14.4 Å². The van der Waals surface area contributed by atoms with E-state index in [0.717, 1.165) is 24.2 Å². The molecule has 146 valence electrons. The predicted octanol–water partition coefficient (Wildman–Crippen LogP) is 3.74. The highest BCUT2D eigenvalue weighted by Gasteiger charge is 2.37. The molecule has 2 aliphatic rings. The van der Waals surface area contributed by atoms with Gasteiger partial charge in [0.25, 0.3) is 0 Å². The third-order valence-corrected chi connectivity index (χ3v) is 4.93. The van der Waals surface area contributed by atoms with Crippen molar-refractivity contribution in [2.24, 2.45) is 0 Å². The van der Waals surface area contributed by atoms with E-state index >= 15 is 0 Å². The van der Waals surface area contributed by atoms with Gasteiger partial charge in [-0.3, -0.25) is 5.32 Å². The maximum absolute atomic E-state index is 12.6. The number of para-hydroxylation sites is 1. The molecule has 1 spiro atoms. The quantitative estimate of drug-likeness (QED) is 0.878. The van der Waals surface area contributed by atoms with E-state index in [1.165, 1.54) is 0 Å². The highest BCUT2D eigenvalue weighted by Crippen LogP contribution is 2.36. The molecule has 0 aliphatic carbocycles. The number of fused-ring (bicyclic) bond motifs is 1. The zero-order chi connectivity index (χ0) is 19.6. The van der Waals surface area contributed by atoms with Gasteiger partial charge in [-0.1, -0.05) is 24.3 Å². The molecule has 1 saturated heterocycles. The number of amides is 2. The molecule has 1 aromatic heterocycles. The van der Waals surface area contributed by atoms with Crippen LogP contribution in [0.1, 0.15) is 32.3 Å². The fraction of sp³-hybridized carbons (Fsp3) is 0.381. The Bertz CT molecular complexity index is 871. The molecule has 2 aromatic rings. The average molecular weight is 380 g/mol. The Kier molecular flexibility index (Phi) is 4.90. The standard InChI is InChI=1S/C21H24N4O3/c1-15(2)27-19-8-7-18(23-24-19)22-20(26)25-13-11-21(12-14-25)10-9-16-5-3-4-6-17(16)28-21/h3-10,15H,11-14H2,1-2H3,(H,22,23,26). The van der Waals surface area contributed by atoms with Gasteiger partial charge in [0.15, 0.2) is 5.82 Å². The SMILES string of the molecule is CC(C)Oc1ccc(NC(=O)N2CCC3(C=Cc4ccccc4O3)CC2)nn1. The van der Waals surface area contributed by atoms with E-state index in [0.29, 0.717) is 24.8 Å². The van der Waals surface area contributed by atoms with E-state index in [1.54, 1.807) is 17.0 Å². The Morgan fingerprint density at radius 2 is 1.96 bits per heavy atom. The van der Waals surface area contributed by atoms with Gasteiger partial charge in [0.2, 0.25) is 5.88 Å². The summed E-state index contributed by atoms with van der Waals surface area (Å²) in [5.74, 6) is 1.75. The lowest BCUT2D eigenvalue weighted by Crippen LogP contribution is -2.50. The number of aromatic nitrogens is 2. The second-order valence-corrected chi connectivity index (χ2v) is 7.38. The number of likely N-dealkylation sites (tertiary alicyclic amines) is 1. The number of nitrogens with one attached hydrogen (secondary N) is 1. The van der Waals surface area contributed by atoms with Crippen LogP contribution in [-0.4, -0.2) is 45.9 Å². The van der Waals surface area contributed by atoms with E-state index < -0.39 is 0 Å². The summed E-state index contributed by atoms with van der Waals surface area (Å²) in [6.07, 6.45) is 5.77.